The minimum atomic E-state index is -0.291. The Morgan fingerprint density at radius 2 is 1.94 bits per heavy atom. The van der Waals surface area contributed by atoms with Gasteiger partial charge < -0.3 is 14.8 Å². The molecule has 0 aliphatic rings. The molecule has 7 nitrogen and oxygen atoms in total. The van der Waals surface area contributed by atoms with E-state index in [1.807, 2.05) is 12.1 Å². The van der Waals surface area contributed by atoms with Crippen LogP contribution < -0.4 is 14.8 Å². The molecule has 2 aromatic heterocycles. The number of ether oxygens (including phenoxy) is 2. The summed E-state index contributed by atoms with van der Waals surface area (Å²) in [4.78, 5) is 21.0. The van der Waals surface area contributed by atoms with Crippen LogP contribution >= 0.6 is 11.5 Å². The van der Waals surface area contributed by atoms with Gasteiger partial charge in [-0.15, -0.1) is 0 Å². The second kappa shape index (κ2) is 9.97. The third kappa shape index (κ3) is 5.44. The van der Waals surface area contributed by atoms with E-state index in [0.717, 1.165) is 22.7 Å². The number of rotatable bonds is 8. The molecule has 0 unspecified atom stereocenters. The predicted octanol–water partition coefficient (Wildman–Crippen LogP) is 4.39. The molecule has 32 heavy (non-hydrogen) atoms. The summed E-state index contributed by atoms with van der Waals surface area (Å²) < 4.78 is 28.6. The van der Waals surface area contributed by atoms with Crippen LogP contribution in [0, 0.1) is 5.82 Å². The van der Waals surface area contributed by atoms with Gasteiger partial charge in [-0.1, -0.05) is 18.2 Å². The standard InChI is InChI=1S/C23H19FN4O3S/c1-30-19-9-6-17(22(29)26-14-16-3-2-10-25-13-16)12-20(19)31-23-27-21(28-32-23)11-15-4-7-18(24)8-5-15/h2-10,12-13H,11,14H2,1H3,(H,26,29). The molecular weight excluding hydrogens is 431 g/mol. The second-order valence-corrected chi connectivity index (χ2v) is 7.51. The fraction of sp³-hybridized carbons (Fsp3) is 0.130. The van der Waals surface area contributed by atoms with E-state index in [1.54, 1.807) is 42.7 Å². The number of nitrogens with zero attached hydrogens (tertiary/aromatic N) is 3. The Bertz CT molecular complexity index is 1200. The summed E-state index contributed by atoms with van der Waals surface area (Å²) in [5.41, 5.74) is 2.20. The maximum atomic E-state index is 13.1. The van der Waals surface area contributed by atoms with Crippen molar-refractivity contribution in [2.45, 2.75) is 13.0 Å². The molecule has 1 N–H and O–H groups in total. The van der Waals surface area contributed by atoms with Crippen LogP contribution in [0.25, 0.3) is 0 Å². The van der Waals surface area contributed by atoms with Crippen molar-refractivity contribution in [1.82, 2.24) is 19.7 Å². The van der Waals surface area contributed by atoms with Gasteiger partial charge in [-0.25, -0.2) is 4.39 Å². The average Bonchev–Trinajstić information content (AvgIpc) is 3.26. The molecule has 0 saturated heterocycles. The number of amides is 1. The normalized spacial score (nSPS) is 10.6. The maximum absolute atomic E-state index is 13.1. The SMILES string of the molecule is COc1ccc(C(=O)NCc2cccnc2)cc1Oc1nc(Cc2ccc(F)cc2)ns1. The molecule has 0 spiro atoms. The molecule has 0 aliphatic heterocycles. The minimum absolute atomic E-state index is 0.254. The van der Waals surface area contributed by atoms with Crippen molar-refractivity contribution in [3.05, 3.63) is 95.3 Å². The van der Waals surface area contributed by atoms with Crippen LogP contribution in [0.15, 0.2) is 67.0 Å². The molecule has 0 radical (unpaired) electrons. The Morgan fingerprint density at radius 1 is 1.09 bits per heavy atom. The summed E-state index contributed by atoms with van der Waals surface area (Å²) >= 11 is 1.09. The van der Waals surface area contributed by atoms with Crippen LogP contribution in [0.3, 0.4) is 0 Å². The molecular formula is C23H19FN4O3S. The van der Waals surface area contributed by atoms with Crippen LogP contribution in [0.1, 0.15) is 27.3 Å². The summed E-state index contributed by atoms with van der Waals surface area (Å²) in [7, 11) is 1.52. The van der Waals surface area contributed by atoms with Crippen LogP contribution in [0.2, 0.25) is 0 Å². The summed E-state index contributed by atoms with van der Waals surface area (Å²) in [6, 6.07) is 14.8. The lowest BCUT2D eigenvalue weighted by Gasteiger charge is -2.10. The van der Waals surface area contributed by atoms with Gasteiger partial charge in [-0.3, -0.25) is 9.78 Å². The maximum Gasteiger partial charge on any atom is 0.298 e. The van der Waals surface area contributed by atoms with Crippen LogP contribution in [-0.2, 0) is 13.0 Å². The summed E-state index contributed by atoms with van der Waals surface area (Å²) in [5.74, 6) is 0.826. The number of pyridine rings is 1. The first-order valence-electron chi connectivity index (χ1n) is 9.71. The molecule has 1 amide bonds. The molecule has 0 fully saturated rings. The third-order valence-electron chi connectivity index (χ3n) is 4.52. The fourth-order valence-corrected chi connectivity index (χ4v) is 3.48. The first-order valence-corrected chi connectivity index (χ1v) is 10.5. The first kappa shape index (κ1) is 21.4. The quantitative estimate of drug-likeness (QED) is 0.428. The lowest BCUT2D eigenvalue weighted by atomic mass is 10.1. The molecule has 0 bridgehead atoms. The van der Waals surface area contributed by atoms with Crippen LogP contribution in [0.4, 0.5) is 4.39 Å². The monoisotopic (exact) mass is 450 g/mol. The Hall–Kier alpha value is -3.85. The number of aromatic nitrogens is 3. The Labute approximate surface area is 188 Å². The number of halogens is 1. The highest BCUT2D eigenvalue weighted by Crippen LogP contribution is 2.33. The van der Waals surface area contributed by atoms with Crippen molar-refractivity contribution < 1.29 is 18.7 Å². The molecule has 0 atom stereocenters. The van der Waals surface area contributed by atoms with Crippen molar-refractivity contribution >= 4 is 17.4 Å². The van der Waals surface area contributed by atoms with E-state index in [-0.39, 0.29) is 11.7 Å². The number of benzene rings is 2. The molecule has 2 heterocycles. The fourth-order valence-electron chi connectivity index (χ4n) is 2.91. The molecule has 9 heteroatoms. The van der Waals surface area contributed by atoms with E-state index in [4.69, 9.17) is 9.47 Å². The highest BCUT2D eigenvalue weighted by molar-refractivity contribution is 7.07. The van der Waals surface area contributed by atoms with Crippen molar-refractivity contribution in [1.29, 1.82) is 0 Å². The zero-order valence-corrected chi connectivity index (χ0v) is 17.9. The second-order valence-electron chi connectivity index (χ2n) is 6.79. The van der Waals surface area contributed by atoms with Gasteiger partial charge in [-0.05, 0) is 47.5 Å². The number of hydrogen-bond donors (Lipinski definition) is 1. The topological polar surface area (TPSA) is 86.2 Å². The molecule has 2 aromatic carbocycles. The molecule has 0 saturated carbocycles. The average molecular weight is 450 g/mol. The number of nitrogens with one attached hydrogen (secondary N) is 1. The zero-order chi connectivity index (χ0) is 22.3. The van der Waals surface area contributed by atoms with Gasteiger partial charge in [0.25, 0.3) is 11.1 Å². The van der Waals surface area contributed by atoms with Gasteiger partial charge in [0.05, 0.1) is 7.11 Å². The predicted molar refractivity (Wildman–Crippen MR) is 118 cm³/mol. The van der Waals surface area contributed by atoms with Crippen LogP contribution in [-0.4, -0.2) is 27.4 Å². The van der Waals surface area contributed by atoms with Gasteiger partial charge in [0, 0.05) is 42.5 Å². The summed E-state index contributed by atoms with van der Waals surface area (Å²) in [6.07, 6.45) is 3.83. The highest BCUT2D eigenvalue weighted by Gasteiger charge is 2.14. The summed E-state index contributed by atoms with van der Waals surface area (Å²) in [6.45, 7) is 0.359. The number of carbonyl (C=O) groups excluding carboxylic acids is 1. The molecule has 4 rings (SSSR count). The number of carbonyl (C=O) groups is 1. The van der Waals surface area contributed by atoms with E-state index in [0.29, 0.717) is 41.0 Å². The Balaban J connectivity index is 1.45. The van der Waals surface area contributed by atoms with Gasteiger partial charge >= 0.3 is 0 Å². The smallest absolute Gasteiger partial charge is 0.298 e. The van der Waals surface area contributed by atoms with E-state index in [2.05, 4.69) is 19.7 Å². The van der Waals surface area contributed by atoms with Crippen molar-refractivity contribution in [3.8, 4) is 16.7 Å². The minimum Gasteiger partial charge on any atom is -0.493 e. The molecule has 162 valence electrons. The highest BCUT2D eigenvalue weighted by atomic mass is 32.1. The van der Waals surface area contributed by atoms with Gasteiger partial charge in [0.2, 0.25) is 0 Å². The Morgan fingerprint density at radius 3 is 2.69 bits per heavy atom. The van der Waals surface area contributed by atoms with Gasteiger partial charge in [0.1, 0.15) is 5.82 Å². The number of hydrogen-bond acceptors (Lipinski definition) is 7. The van der Waals surface area contributed by atoms with Gasteiger partial charge in [-0.2, -0.15) is 9.36 Å². The van der Waals surface area contributed by atoms with E-state index < -0.39 is 0 Å². The van der Waals surface area contributed by atoms with E-state index in [1.165, 1.54) is 19.2 Å². The van der Waals surface area contributed by atoms with E-state index >= 15 is 0 Å². The van der Waals surface area contributed by atoms with Crippen molar-refractivity contribution in [3.63, 3.8) is 0 Å². The van der Waals surface area contributed by atoms with Crippen LogP contribution in [0.5, 0.6) is 16.7 Å². The lowest BCUT2D eigenvalue weighted by molar-refractivity contribution is 0.0950. The lowest BCUT2D eigenvalue weighted by Crippen LogP contribution is -2.22. The largest absolute Gasteiger partial charge is 0.493 e. The van der Waals surface area contributed by atoms with Crippen molar-refractivity contribution in [2.24, 2.45) is 0 Å². The van der Waals surface area contributed by atoms with E-state index in [9.17, 15) is 9.18 Å². The first-order chi connectivity index (χ1) is 15.6. The molecule has 0 aliphatic carbocycles. The molecule has 4 aromatic rings. The summed E-state index contributed by atoms with van der Waals surface area (Å²) in [5, 5.41) is 3.17. The van der Waals surface area contributed by atoms with Gasteiger partial charge in [0.15, 0.2) is 17.3 Å². The Kier molecular flexibility index (Phi) is 6.66. The van der Waals surface area contributed by atoms with Crippen molar-refractivity contribution in [2.75, 3.05) is 7.11 Å². The number of methoxy groups -OCH3 is 1. The zero-order valence-electron chi connectivity index (χ0n) is 17.1. The third-order valence-corrected chi connectivity index (χ3v) is 5.16.